The first-order chi connectivity index (χ1) is 17.6. The first-order valence-corrected chi connectivity index (χ1v) is 12.9. The average Bonchev–Trinajstić information content (AvgIpc) is 2.88. The van der Waals surface area contributed by atoms with Gasteiger partial charge in [-0.3, -0.25) is 9.10 Å². The molecule has 0 unspecified atom stereocenters. The zero-order valence-corrected chi connectivity index (χ0v) is 22.2. The molecule has 3 rings (SSSR count). The molecule has 37 heavy (non-hydrogen) atoms. The molecule has 0 spiro atoms. The number of nitrogens with zero attached hydrogens (tertiary/aromatic N) is 1. The van der Waals surface area contributed by atoms with Gasteiger partial charge in [0.2, 0.25) is 5.91 Å². The van der Waals surface area contributed by atoms with E-state index in [2.05, 4.69) is 5.32 Å². The van der Waals surface area contributed by atoms with Crippen LogP contribution in [0.1, 0.15) is 28.4 Å². The molecule has 196 valence electrons. The SMILES string of the molecule is CCOC(=O)c1cccc(NC(=O)CN(c2ccc(C)cc2)S(=O)(=O)c2ccc(OC)c(OC)c2)c1C. The topological polar surface area (TPSA) is 111 Å². The molecule has 3 aromatic rings. The van der Waals surface area contributed by atoms with E-state index in [1.54, 1.807) is 56.3 Å². The van der Waals surface area contributed by atoms with Gasteiger partial charge in [-0.25, -0.2) is 13.2 Å². The number of benzene rings is 3. The maximum atomic E-state index is 13.7. The third-order valence-electron chi connectivity index (χ3n) is 5.66. The van der Waals surface area contributed by atoms with Gasteiger partial charge in [0.25, 0.3) is 10.0 Å². The summed E-state index contributed by atoms with van der Waals surface area (Å²) >= 11 is 0. The van der Waals surface area contributed by atoms with Crippen molar-refractivity contribution in [3.63, 3.8) is 0 Å². The maximum absolute atomic E-state index is 13.7. The van der Waals surface area contributed by atoms with Crippen LogP contribution in [0.15, 0.2) is 65.6 Å². The number of carbonyl (C=O) groups is 2. The number of esters is 1. The Morgan fingerprint density at radius 2 is 1.59 bits per heavy atom. The van der Waals surface area contributed by atoms with Gasteiger partial charge in [0.15, 0.2) is 11.5 Å². The van der Waals surface area contributed by atoms with Crippen LogP contribution in [-0.4, -0.2) is 47.7 Å². The molecule has 0 aliphatic heterocycles. The summed E-state index contributed by atoms with van der Waals surface area (Å²) < 4.78 is 44.1. The summed E-state index contributed by atoms with van der Waals surface area (Å²) in [5, 5.41) is 2.73. The van der Waals surface area contributed by atoms with Crippen molar-refractivity contribution < 1.29 is 32.2 Å². The van der Waals surface area contributed by atoms with Gasteiger partial charge in [-0.05, 0) is 62.7 Å². The minimum atomic E-state index is -4.19. The molecule has 3 aromatic carbocycles. The smallest absolute Gasteiger partial charge is 0.338 e. The Labute approximate surface area is 217 Å². The Bertz CT molecular complexity index is 1390. The average molecular weight is 527 g/mol. The lowest BCUT2D eigenvalue weighted by Crippen LogP contribution is -2.38. The van der Waals surface area contributed by atoms with E-state index in [1.807, 2.05) is 6.92 Å². The molecule has 0 heterocycles. The highest BCUT2D eigenvalue weighted by atomic mass is 32.2. The van der Waals surface area contributed by atoms with Gasteiger partial charge >= 0.3 is 5.97 Å². The Hall–Kier alpha value is -4.05. The number of sulfonamides is 1. The number of anilines is 2. The van der Waals surface area contributed by atoms with Gasteiger partial charge in [0.05, 0.1) is 37.0 Å². The lowest BCUT2D eigenvalue weighted by Gasteiger charge is -2.25. The third kappa shape index (κ3) is 6.21. The number of hydrogen-bond acceptors (Lipinski definition) is 7. The molecule has 0 saturated heterocycles. The van der Waals surface area contributed by atoms with Crippen LogP contribution >= 0.6 is 0 Å². The molecule has 10 heteroatoms. The number of rotatable bonds is 10. The fraction of sp³-hybridized carbons (Fsp3) is 0.259. The van der Waals surface area contributed by atoms with Crippen LogP contribution in [0, 0.1) is 13.8 Å². The minimum absolute atomic E-state index is 0.0704. The second-order valence-corrected chi connectivity index (χ2v) is 9.97. The summed E-state index contributed by atoms with van der Waals surface area (Å²) in [5.74, 6) is -0.483. The Morgan fingerprint density at radius 1 is 0.919 bits per heavy atom. The Kier molecular flexibility index (Phi) is 8.77. The largest absolute Gasteiger partial charge is 0.493 e. The quantitative estimate of drug-likeness (QED) is 0.392. The second kappa shape index (κ2) is 11.8. The zero-order chi connectivity index (χ0) is 27.2. The van der Waals surface area contributed by atoms with Crippen molar-refractivity contribution in [3.05, 3.63) is 77.4 Å². The van der Waals surface area contributed by atoms with Crippen LogP contribution in [0.2, 0.25) is 0 Å². The molecule has 0 aromatic heterocycles. The number of methoxy groups -OCH3 is 2. The maximum Gasteiger partial charge on any atom is 0.338 e. The molecule has 1 amide bonds. The molecule has 1 N–H and O–H groups in total. The molecular formula is C27H30N2O7S. The highest BCUT2D eigenvalue weighted by Gasteiger charge is 2.29. The highest BCUT2D eigenvalue weighted by molar-refractivity contribution is 7.92. The van der Waals surface area contributed by atoms with E-state index in [0.717, 1.165) is 9.87 Å². The lowest BCUT2D eigenvalue weighted by molar-refractivity contribution is -0.114. The zero-order valence-electron chi connectivity index (χ0n) is 21.4. The summed E-state index contributed by atoms with van der Waals surface area (Å²) in [5.41, 5.74) is 2.45. The van der Waals surface area contributed by atoms with Gasteiger partial charge < -0.3 is 19.5 Å². The van der Waals surface area contributed by atoms with Crippen molar-refractivity contribution in [2.75, 3.05) is 37.0 Å². The lowest BCUT2D eigenvalue weighted by atomic mass is 10.1. The molecule has 0 fully saturated rings. The van der Waals surface area contributed by atoms with Gasteiger partial charge in [0, 0.05) is 11.8 Å². The normalized spacial score (nSPS) is 10.9. The van der Waals surface area contributed by atoms with Gasteiger partial charge in [-0.15, -0.1) is 0 Å². The van der Waals surface area contributed by atoms with Crippen LogP contribution in [-0.2, 0) is 19.6 Å². The summed E-state index contributed by atoms with van der Waals surface area (Å²) in [4.78, 5) is 25.3. The van der Waals surface area contributed by atoms with E-state index in [0.29, 0.717) is 28.3 Å². The van der Waals surface area contributed by atoms with Crippen LogP contribution in [0.25, 0.3) is 0 Å². The molecule has 9 nitrogen and oxygen atoms in total. The Morgan fingerprint density at radius 3 is 2.22 bits per heavy atom. The second-order valence-electron chi connectivity index (χ2n) is 8.11. The molecule has 0 aliphatic rings. The number of hydrogen-bond donors (Lipinski definition) is 1. The van der Waals surface area contributed by atoms with E-state index in [1.165, 1.54) is 32.4 Å². The minimum Gasteiger partial charge on any atom is -0.493 e. The number of aryl methyl sites for hydroxylation is 1. The van der Waals surface area contributed by atoms with Crippen LogP contribution < -0.4 is 19.1 Å². The highest BCUT2D eigenvalue weighted by Crippen LogP contribution is 2.32. The molecule has 0 atom stereocenters. The molecule has 0 radical (unpaired) electrons. The monoisotopic (exact) mass is 526 g/mol. The van der Waals surface area contributed by atoms with Gasteiger partial charge in [0.1, 0.15) is 6.54 Å². The number of ether oxygens (including phenoxy) is 3. The van der Waals surface area contributed by atoms with Gasteiger partial charge in [-0.1, -0.05) is 23.8 Å². The predicted molar refractivity (Wildman–Crippen MR) is 141 cm³/mol. The summed E-state index contributed by atoms with van der Waals surface area (Å²) in [6.45, 7) is 4.97. The van der Waals surface area contributed by atoms with Crippen molar-refractivity contribution >= 4 is 33.3 Å². The summed E-state index contributed by atoms with van der Waals surface area (Å²) in [6, 6.07) is 15.9. The number of amides is 1. The van der Waals surface area contributed by atoms with E-state index in [4.69, 9.17) is 14.2 Å². The van der Waals surface area contributed by atoms with Crippen molar-refractivity contribution in [1.82, 2.24) is 0 Å². The summed E-state index contributed by atoms with van der Waals surface area (Å²) in [6.07, 6.45) is 0. The first kappa shape index (κ1) is 27.5. The van der Waals surface area contributed by atoms with Crippen molar-refractivity contribution in [3.8, 4) is 11.5 Å². The van der Waals surface area contributed by atoms with Crippen LogP contribution in [0.5, 0.6) is 11.5 Å². The predicted octanol–water partition coefficient (Wildman–Crippen LogP) is 4.33. The van der Waals surface area contributed by atoms with Gasteiger partial charge in [-0.2, -0.15) is 0 Å². The van der Waals surface area contributed by atoms with E-state index in [9.17, 15) is 18.0 Å². The Balaban J connectivity index is 1.97. The third-order valence-corrected chi connectivity index (χ3v) is 7.43. The first-order valence-electron chi connectivity index (χ1n) is 11.5. The van der Waals surface area contributed by atoms with Crippen LogP contribution in [0.3, 0.4) is 0 Å². The van der Waals surface area contributed by atoms with Crippen LogP contribution in [0.4, 0.5) is 11.4 Å². The molecular weight excluding hydrogens is 496 g/mol. The van der Waals surface area contributed by atoms with E-state index >= 15 is 0 Å². The standard InChI is InChI=1S/C27H30N2O7S/c1-6-36-27(31)22-8-7-9-23(19(22)3)28-26(30)17-29(20-12-10-18(2)11-13-20)37(32,33)21-14-15-24(34-4)25(16-21)35-5/h7-16H,6,17H2,1-5H3,(H,28,30). The fourth-order valence-electron chi connectivity index (χ4n) is 3.65. The van der Waals surface area contributed by atoms with Crippen molar-refractivity contribution in [1.29, 1.82) is 0 Å². The molecule has 0 bridgehead atoms. The molecule has 0 saturated carbocycles. The van der Waals surface area contributed by atoms with E-state index in [-0.39, 0.29) is 17.3 Å². The van der Waals surface area contributed by atoms with Crippen molar-refractivity contribution in [2.24, 2.45) is 0 Å². The van der Waals surface area contributed by atoms with Crippen molar-refractivity contribution in [2.45, 2.75) is 25.7 Å². The van der Waals surface area contributed by atoms with E-state index < -0.39 is 28.4 Å². The summed E-state index contributed by atoms with van der Waals surface area (Å²) in [7, 11) is -1.33. The number of carbonyl (C=O) groups excluding carboxylic acids is 2. The fourth-order valence-corrected chi connectivity index (χ4v) is 5.09. The number of nitrogens with one attached hydrogen (secondary N) is 1. The molecule has 0 aliphatic carbocycles.